The third kappa shape index (κ3) is 2.07. The molecule has 1 aliphatic carbocycles. The molecule has 0 spiro atoms. The van der Waals surface area contributed by atoms with Gasteiger partial charge in [0.2, 0.25) is 0 Å². The first-order chi connectivity index (χ1) is 7.12. The fraction of sp³-hybridized carbons (Fsp3) is 0.462. The van der Waals surface area contributed by atoms with Crippen molar-refractivity contribution in [1.82, 2.24) is 0 Å². The lowest BCUT2D eigenvalue weighted by atomic mass is 9.81. The summed E-state index contributed by atoms with van der Waals surface area (Å²) in [4.78, 5) is 10.9. The van der Waals surface area contributed by atoms with Crippen molar-refractivity contribution in [3.8, 4) is 0 Å². The fourth-order valence-electron chi connectivity index (χ4n) is 2.45. The second kappa shape index (κ2) is 3.97. The summed E-state index contributed by atoms with van der Waals surface area (Å²) in [6.07, 6.45) is 5.13. The van der Waals surface area contributed by atoms with Crippen LogP contribution in [0.4, 0.5) is 0 Å². The van der Waals surface area contributed by atoms with E-state index in [1.165, 1.54) is 31.2 Å². The average molecular weight is 223 g/mol. The van der Waals surface area contributed by atoms with Crippen molar-refractivity contribution >= 4 is 16.8 Å². The van der Waals surface area contributed by atoms with E-state index in [-0.39, 0.29) is 5.24 Å². The molecule has 1 nitrogen and oxygen atoms in total. The minimum atomic E-state index is -0.377. The predicted molar refractivity (Wildman–Crippen MR) is 62.4 cm³/mol. The van der Waals surface area contributed by atoms with E-state index in [0.717, 1.165) is 0 Å². The zero-order chi connectivity index (χ0) is 10.9. The molecule has 0 unspecified atom stereocenters. The van der Waals surface area contributed by atoms with Crippen LogP contribution in [0.5, 0.6) is 0 Å². The Hall–Kier alpha value is -0.820. The molecule has 0 bridgehead atoms. The lowest BCUT2D eigenvalue weighted by Gasteiger charge is -2.24. The molecule has 1 aromatic rings. The molecule has 1 aromatic carbocycles. The minimum Gasteiger partial charge on any atom is -0.276 e. The van der Waals surface area contributed by atoms with E-state index >= 15 is 0 Å². The Morgan fingerprint density at radius 1 is 1.20 bits per heavy atom. The monoisotopic (exact) mass is 222 g/mol. The van der Waals surface area contributed by atoms with Crippen LogP contribution in [0.15, 0.2) is 24.3 Å². The topological polar surface area (TPSA) is 17.1 Å². The first-order valence-electron chi connectivity index (χ1n) is 5.42. The molecule has 0 aromatic heterocycles. The summed E-state index contributed by atoms with van der Waals surface area (Å²) in [6, 6.07) is 7.74. The summed E-state index contributed by atoms with van der Waals surface area (Å²) in [5.41, 5.74) is 2.23. The van der Waals surface area contributed by atoms with Crippen LogP contribution in [0.25, 0.3) is 0 Å². The SMILES string of the molecule is CC1(c2ccc(C(=O)Cl)cc2)CCCC1. The molecule has 0 radical (unpaired) electrons. The Kier molecular flexibility index (Phi) is 2.83. The van der Waals surface area contributed by atoms with Crippen LogP contribution < -0.4 is 0 Å². The Morgan fingerprint density at radius 3 is 2.20 bits per heavy atom. The lowest BCUT2D eigenvalue weighted by Crippen LogP contribution is -2.16. The normalized spacial score (nSPS) is 19.1. The predicted octanol–water partition coefficient (Wildman–Crippen LogP) is 3.90. The number of benzene rings is 1. The number of rotatable bonds is 2. The van der Waals surface area contributed by atoms with E-state index < -0.39 is 0 Å². The van der Waals surface area contributed by atoms with Gasteiger partial charge in [-0.2, -0.15) is 0 Å². The summed E-state index contributed by atoms with van der Waals surface area (Å²) < 4.78 is 0. The number of hydrogen-bond donors (Lipinski definition) is 0. The molecule has 0 atom stereocenters. The van der Waals surface area contributed by atoms with E-state index in [2.05, 4.69) is 6.92 Å². The van der Waals surface area contributed by atoms with E-state index in [1.807, 2.05) is 24.3 Å². The van der Waals surface area contributed by atoms with Crippen LogP contribution in [0.3, 0.4) is 0 Å². The maximum absolute atomic E-state index is 10.9. The molecule has 1 fully saturated rings. The highest BCUT2D eigenvalue weighted by atomic mass is 35.5. The van der Waals surface area contributed by atoms with Crippen molar-refractivity contribution in [2.45, 2.75) is 38.0 Å². The lowest BCUT2D eigenvalue weighted by molar-refractivity contribution is 0.108. The van der Waals surface area contributed by atoms with Gasteiger partial charge in [-0.25, -0.2) is 0 Å². The second-order valence-corrected chi connectivity index (χ2v) is 4.96. The molecule has 80 valence electrons. The van der Waals surface area contributed by atoms with Gasteiger partial charge in [0, 0.05) is 5.56 Å². The number of halogens is 1. The number of carbonyl (C=O) groups is 1. The van der Waals surface area contributed by atoms with E-state index in [9.17, 15) is 4.79 Å². The third-order valence-corrected chi connectivity index (χ3v) is 3.73. The van der Waals surface area contributed by atoms with Crippen molar-refractivity contribution in [1.29, 1.82) is 0 Å². The highest BCUT2D eigenvalue weighted by molar-refractivity contribution is 6.67. The molecule has 15 heavy (non-hydrogen) atoms. The highest BCUT2D eigenvalue weighted by Gasteiger charge is 2.30. The summed E-state index contributed by atoms with van der Waals surface area (Å²) in [5, 5.41) is -0.377. The molecule has 0 heterocycles. The highest BCUT2D eigenvalue weighted by Crippen LogP contribution is 2.40. The Morgan fingerprint density at radius 2 is 1.73 bits per heavy atom. The van der Waals surface area contributed by atoms with Gasteiger partial charge in [-0.15, -0.1) is 0 Å². The Balaban J connectivity index is 2.26. The van der Waals surface area contributed by atoms with E-state index in [1.54, 1.807) is 0 Å². The van der Waals surface area contributed by atoms with Crippen molar-refractivity contribution in [2.75, 3.05) is 0 Å². The molecule has 0 amide bonds. The van der Waals surface area contributed by atoms with Gasteiger partial charge < -0.3 is 0 Å². The standard InChI is InChI=1S/C13H15ClO/c1-13(8-2-3-9-13)11-6-4-10(5-7-11)12(14)15/h4-7H,2-3,8-9H2,1H3. The van der Waals surface area contributed by atoms with Crippen molar-refractivity contribution < 1.29 is 4.79 Å². The smallest absolute Gasteiger partial charge is 0.252 e. The molecule has 1 saturated carbocycles. The summed E-state index contributed by atoms with van der Waals surface area (Å²) >= 11 is 5.41. The Bertz CT molecular complexity index is 361. The van der Waals surface area contributed by atoms with Crippen LogP contribution >= 0.6 is 11.6 Å². The van der Waals surface area contributed by atoms with Gasteiger partial charge in [0.05, 0.1) is 0 Å². The molecule has 0 saturated heterocycles. The second-order valence-electron chi connectivity index (χ2n) is 4.62. The zero-order valence-electron chi connectivity index (χ0n) is 8.92. The minimum absolute atomic E-state index is 0.313. The summed E-state index contributed by atoms with van der Waals surface area (Å²) in [6.45, 7) is 2.30. The summed E-state index contributed by atoms with van der Waals surface area (Å²) in [7, 11) is 0. The first kappa shape index (κ1) is 10.7. The van der Waals surface area contributed by atoms with Crippen molar-refractivity contribution in [3.63, 3.8) is 0 Å². The molecule has 2 heteroatoms. The van der Waals surface area contributed by atoms with Gasteiger partial charge in [-0.05, 0) is 47.6 Å². The maximum Gasteiger partial charge on any atom is 0.252 e. The van der Waals surface area contributed by atoms with Crippen molar-refractivity contribution in [3.05, 3.63) is 35.4 Å². The quantitative estimate of drug-likeness (QED) is 0.694. The van der Waals surface area contributed by atoms with E-state index in [0.29, 0.717) is 11.0 Å². The van der Waals surface area contributed by atoms with Gasteiger partial charge in [0.1, 0.15) is 0 Å². The molecule has 2 rings (SSSR count). The molecule has 1 aliphatic rings. The van der Waals surface area contributed by atoms with Gasteiger partial charge in [-0.1, -0.05) is 31.9 Å². The van der Waals surface area contributed by atoms with Gasteiger partial charge in [0.25, 0.3) is 5.24 Å². The van der Waals surface area contributed by atoms with Crippen LogP contribution in [0, 0.1) is 0 Å². The molecule has 0 aliphatic heterocycles. The molecule has 0 N–H and O–H groups in total. The maximum atomic E-state index is 10.9. The van der Waals surface area contributed by atoms with E-state index in [4.69, 9.17) is 11.6 Å². The van der Waals surface area contributed by atoms with Crippen molar-refractivity contribution in [2.24, 2.45) is 0 Å². The molecular formula is C13H15ClO. The summed E-state index contributed by atoms with van der Waals surface area (Å²) in [5.74, 6) is 0. The number of carbonyl (C=O) groups excluding carboxylic acids is 1. The van der Waals surface area contributed by atoms with Gasteiger partial charge >= 0.3 is 0 Å². The van der Waals surface area contributed by atoms with Gasteiger partial charge in [-0.3, -0.25) is 4.79 Å². The first-order valence-corrected chi connectivity index (χ1v) is 5.80. The molecular weight excluding hydrogens is 208 g/mol. The Labute approximate surface area is 95.4 Å². The van der Waals surface area contributed by atoms with Crippen LogP contribution in [-0.2, 0) is 5.41 Å². The fourth-order valence-corrected chi connectivity index (χ4v) is 2.57. The third-order valence-electron chi connectivity index (χ3n) is 3.52. The van der Waals surface area contributed by atoms with Gasteiger partial charge in [0.15, 0.2) is 0 Å². The van der Waals surface area contributed by atoms with Crippen LogP contribution in [-0.4, -0.2) is 5.24 Å². The number of hydrogen-bond acceptors (Lipinski definition) is 1. The van der Waals surface area contributed by atoms with Crippen LogP contribution in [0.2, 0.25) is 0 Å². The zero-order valence-corrected chi connectivity index (χ0v) is 9.68. The average Bonchev–Trinajstić information content (AvgIpc) is 2.67. The largest absolute Gasteiger partial charge is 0.276 e. The van der Waals surface area contributed by atoms with Crippen LogP contribution in [0.1, 0.15) is 48.5 Å².